The molecule has 0 saturated heterocycles. The molecule has 3 rings (SSSR count). The van der Waals surface area contributed by atoms with E-state index in [1.165, 1.54) is 11.0 Å². The van der Waals surface area contributed by atoms with Crippen molar-refractivity contribution >= 4 is 50.7 Å². The van der Waals surface area contributed by atoms with Gasteiger partial charge in [-0.1, -0.05) is 36.2 Å². The fourth-order valence-electron chi connectivity index (χ4n) is 4.01. The van der Waals surface area contributed by atoms with E-state index in [1.54, 1.807) is 37.3 Å². The second kappa shape index (κ2) is 12.0. The monoisotopic (exact) mass is 585 g/mol. The molecule has 1 N–H and O–H groups in total. The van der Waals surface area contributed by atoms with Gasteiger partial charge >= 0.3 is 0 Å². The van der Waals surface area contributed by atoms with Crippen molar-refractivity contribution in [3.63, 3.8) is 0 Å². The van der Waals surface area contributed by atoms with Crippen molar-refractivity contribution in [2.45, 2.75) is 52.2 Å². The molecule has 1 aliphatic heterocycles. The van der Waals surface area contributed by atoms with Crippen LogP contribution in [0.1, 0.15) is 39.7 Å². The van der Waals surface area contributed by atoms with E-state index in [1.807, 2.05) is 20.8 Å². The smallest absolute Gasteiger partial charge is 0.244 e. The zero-order valence-corrected chi connectivity index (χ0v) is 24.4. The van der Waals surface area contributed by atoms with Gasteiger partial charge in [-0.2, -0.15) is 0 Å². The molecule has 1 aliphatic rings. The third kappa shape index (κ3) is 7.68. The minimum absolute atomic E-state index is 0.0184. The Balaban J connectivity index is 1.98. The number of benzene rings is 2. The lowest BCUT2D eigenvalue weighted by Gasteiger charge is -2.34. The molecule has 0 unspecified atom stereocenters. The molecule has 0 aromatic heterocycles. The van der Waals surface area contributed by atoms with Crippen LogP contribution in [0.4, 0.5) is 5.69 Å². The number of sulfonamides is 1. The summed E-state index contributed by atoms with van der Waals surface area (Å²) in [4.78, 5) is 28.4. The predicted octanol–water partition coefficient (Wildman–Crippen LogP) is 4.25. The fraction of sp³-hybridized carbons (Fsp3) is 0.462. The summed E-state index contributed by atoms with van der Waals surface area (Å²) in [5, 5.41) is 3.58. The molecule has 2 aromatic carbocycles. The predicted molar refractivity (Wildman–Crippen MR) is 149 cm³/mol. The van der Waals surface area contributed by atoms with Gasteiger partial charge in [-0.3, -0.25) is 13.9 Å². The molecule has 0 aliphatic carbocycles. The number of amides is 2. The fourth-order valence-corrected chi connectivity index (χ4v) is 5.17. The van der Waals surface area contributed by atoms with E-state index in [9.17, 15) is 18.0 Å². The summed E-state index contributed by atoms with van der Waals surface area (Å²) in [6.45, 7) is 7.52. The van der Waals surface area contributed by atoms with Gasteiger partial charge in [-0.05, 0) is 57.0 Å². The van der Waals surface area contributed by atoms with Crippen LogP contribution in [0.3, 0.4) is 0 Å². The molecule has 1 heterocycles. The Hall–Kier alpha value is -2.69. The zero-order valence-electron chi connectivity index (χ0n) is 22.1. The van der Waals surface area contributed by atoms with Crippen LogP contribution in [-0.4, -0.2) is 62.7 Å². The lowest BCUT2D eigenvalue weighted by atomic mass is 10.1. The molecular weight excluding hydrogens is 553 g/mol. The van der Waals surface area contributed by atoms with E-state index in [0.29, 0.717) is 46.7 Å². The van der Waals surface area contributed by atoms with Crippen molar-refractivity contribution in [1.82, 2.24) is 10.2 Å². The topological polar surface area (TPSA) is 105 Å². The normalized spacial score (nSPS) is 14.0. The maximum absolute atomic E-state index is 13.8. The quantitative estimate of drug-likeness (QED) is 0.471. The first-order valence-corrected chi connectivity index (χ1v) is 14.7. The lowest BCUT2D eigenvalue weighted by Crippen LogP contribution is -2.55. The Morgan fingerprint density at radius 2 is 1.68 bits per heavy atom. The van der Waals surface area contributed by atoms with E-state index in [0.717, 1.165) is 10.6 Å². The minimum Gasteiger partial charge on any atom is -0.486 e. The molecule has 0 radical (unpaired) electrons. The van der Waals surface area contributed by atoms with E-state index in [4.69, 9.17) is 32.7 Å². The third-order valence-electron chi connectivity index (χ3n) is 5.71. The Bertz CT molecular complexity index is 1300. The summed E-state index contributed by atoms with van der Waals surface area (Å²) in [6, 6.07) is 8.75. The molecule has 1 atom stereocenters. The van der Waals surface area contributed by atoms with Gasteiger partial charge in [0.05, 0.1) is 22.0 Å². The molecular formula is C26H33Cl2N3O6S. The van der Waals surface area contributed by atoms with Gasteiger partial charge in [0.15, 0.2) is 11.5 Å². The first kappa shape index (κ1) is 29.9. The van der Waals surface area contributed by atoms with Crippen molar-refractivity contribution in [1.29, 1.82) is 0 Å². The van der Waals surface area contributed by atoms with E-state index in [-0.39, 0.29) is 18.1 Å². The highest BCUT2D eigenvalue weighted by Crippen LogP contribution is 2.35. The van der Waals surface area contributed by atoms with Crippen LogP contribution in [-0.2, 0) is 26.2 Å². The number of hydrogen-bond donors (Lipinski definition) is 1. The van der Waals surface area contributed by atoms with E-state index in [2.05, 4.69) is 5.32 Å². The summed E-state index contributed by atoms with van der Waals surface area (Å²) >= 11 is 12.3. The third-order valence-corrected chi connectivity index (χ3v) is 7.59. The first-order chi connectivity index (χ1) is 17.7. The number of nitrogens with zero attached hydrogens (tertiary/aromatic N) is 2. The standard InChI is InChI=1S/C26H33Cl2N3O6S/c1-6-21(25(33)29-26(2,3)4)30(15-17-7-9-19(27)20(28)13-17)24(32)16-31(38(5,34)35)18-8-10-22-23(14-18)37-12-11-36-22/h7-10,13-14,21H,6,11-12,15-16H2,1-5H3,(H,29,33)/t21-/m0/s1. The number of anilines is 1. The Labute approximate surface area is 234 Å². The maximum Gasteiger partial charge on any atom is 0.244 e. The van der Waals surface area contributed by atoms with Crippen molar-refractivity contribution in [2.24, 2.45) is 0 Å². The Morgan fingerprint density at radius 1 is 1.03 bits per heavy atom. The Morgan fingerprint density at radius 3 is 2.26 bits per heavy atom. The van der Waals surface area contributed by atoms with Gasteiger partial charge in [0.2, 0.25) is 21.8 Å². The Kier molecular flexibility index (Phi) is 9.43. The SMILES string of the molecule is CC[C@@H](C(=O)NC(C)(C)C)N(Cc1ccc(Cl)c(Cl)c1)C(=O)CN(c1ccc2c(c1)OCCO2)S(C)(=O)=O. The van der Waals surface area contributed by atoms with Crippen molar-refractivity contribution in [3.8, 4) is 11.5 Å². The molecule has 0 bridgehead atoms. The van der Waals surface area contributed by atoms with Gasteiger partial charge in [0.25, 0.3) is 0 Å². The molecule has 2 aromatic rings. The highest BCUT2D eigenvalue weighted by molar-refractivity contribution is 7.92. The number of hydrogen-bond acceptors (Lipinski definition) is 6. The summed E-state index contributed by atoms with van der Waals surface area (Å²) < 4.78 is 37.8. The highest BCUT2D eigenvalue weighted by atomic mass is 35.5. The van der Waals surface area contributed by atoms with Crippen LogP contribution in [0.25, 0.3) is 0 Å². The number of rotatable bonds is 9. The second-order valence-electron chi connectivity index (χ2n) is 10.0. The minimum atomic E-state index is -3.89. The second-order valence-corrected chi connectivity index (χ2v) is 12.8. The van der Waals surface area contributed by atoms with Crippen LogP contribution in [0.5, 0.6) is 11.5 Å². The zero-order chi connectivity index (χ0) is 28.3. The van der Waals surface area contributed by atoms with Gasteiger partial charge in [0.1, 0.15) is 25.8 Å². The summed E-state index contributed by atoms with van der Waals surface area (Å²) in [7, 11) is -3.89. The van der Waals surface area contributed by atoms with Crippen LogP contribution in [0.15, 0.2) is 36.4 Å². The van der Waals surface area contributed by atoms with Crippen LogP contribution in [0, 0.1) is 0 Å². The van der Waals surface area contributed by atoms with E-state index < -0.39 is 34.1 Å². The number of fused-ring (bicyclic) bond motifs is 1. The van der Waals surface area contributed by atoms with Crippen LogP contribution < -0.4 is 19.1 Å². The van der Waals surface area contributed by atoms with E-state index >= 15 is 0 Å². The van der Waals surface area contributed by atoms with Gasteiger partial charge in [-0.25, -0.2) is 8.42 Å². The van der Waals surface area contributed by atoms with Crippen LogP contribution in [0.2, 0.25) is 10.0 Å². The molecule has 0 fully saturated rings. The molecule has 12 heteroatoms. The summed E-state index contributed by atoms with van der Waals surface area (Å²) in [6.07, 6.45) is 1.32. The van der Waals surface area contributed by atoms with Crippen molar-refractivity contribution < 1.29 is 27.5 Å². The highest BCUT2D eigenvalue weighted by Gasteiger charge is 2.33. The number of carbonyl (C=O) groups is 2. The number of carbonyl (C=O) groups excluding carboxylic acids is 2. The molecule has 9 nitrogen and oxygen atoms in total. The van der Waals surface area contributed by atoms with Gasteiger partial charge < -0.3 is 19.7 Å². The largest absolute Gasteiger partial charge is 0.486 e. The lowest BCUT2D eigenvalue weighted by molar-refractivity contribution is -0.141. The average Bonchev–Trinajstić information content (AvgIpc) is 2.82. The van der Waals surface area contributed by atoms with Gasteiger partial charge in [0, 0.05) is 18.2 Å². The molecule has 2 amide bonds. The van der Waals surface area contributed by atoms with Crippen LogP contribution >= 0.6 is 23.2 Å². The van der Waals surface area contributed by atoms with Crippen molar-refractivity contribution in [2.75, 3.05) is 30.3 Å². The summed E-state index contributed by atoms with van der Waals surface area (Å²) in [5.74, 6) is -0.0321. The maximum atomic E-state index is 13.8. The molecule has 38 heavy (non-hydrogen) atoms. The summed E-state index contributed by atoms with van der Waals surface area (Å²) in [5.41, 5.74) is 0.346. The number of ether oxygens (including phenoxy) is 2. The molecule has 0 saturated carbocycles. The molecule has 0 spiro atoms. The molecule has 208 valence electrons. The number of nitrogens with one attached hydrogen (secondary N) is 1. The number of halogens is 2. The first-order valence-electron chi connectivity index (χ1n) is 12.1. The van der Waals surface area contributed by atoms with Crippen molar-refractivity contribution in [3.05, 3.63) is 52.0 Å². The van der Waals surface area contributed by atoms with Gasteiger partial charge in [-0.15, -0.1) is 0 Å². The average molecular weight is 587 g/mol.